The highest BCUT2D eigenvalue weighted by Gasteiger charge is 2.11. The van der Waals surface area contributed by atoms with Gasteiger partial charge in [0.1, 0.15) is 0 Å². The average molecular weight is 232 g/mol. The van der Waals surface area contributed by atoms with E-state index >= 15 is 0 Å². The number of aliphatic hydroxyl groups excluding tert-OH is 1. The third kappa shape index (κ3) is 4.56. The van der Waals surface area contributed by atoms with E-state index in [9.17, 15) is 5.11 Å². The van der Waals surface area contributed by atoms with E-state index in [-0.39, 0.29) is 18.2 Å². The Hall–Kier alpha value is -1.37. The molecule has 0 bridgehead atoms. The molecule has 1 aromatic rings. The largest absolute Gasteiger partial charge is 0.393 e. The molecule has 1 rings (SSSR count). The lowest BCUT2D eigenvalue weighted by molar-refractivity contribution is 0.168. The molecule has 0 saturated carbocycles. The van der Waals surface area contributed by atoms with Crippen LogP contribution in [-0.4, -0.2) is 17.3 Å². The van der Waals surface area contributed by atoms with Gasteiger partial charge in [0, 0.05) is 12.1 Å². The van der Waals surface area contributed by atoms with Crippen molar-refractivity contribution in [3.05, 3.63) is 35.4 Å². The van der Waals surface area contributed by atoms with Crippen molar-refractivity contribution in [1.82, 2.24) is 5.32 Å². The van der Waals surface area contributed by atoms with Crippen LogP contribution in [0.2, 0.25) is 0 Å². The lowest BCUT2D eigenvalue weighted by Gasteiger charge is -2.21. The predicted molar refractivity (Wildman–Crippen MR) is 68.5 cm³/mol. The molecule has 0 amide bonds. The zero-order valence-corrected chi connectivity index (χ0v) is 10.6. The summed E-state index contributed by atoms with van der Waals surface area (Å²) in [5.41, 5.74) is 1.78. The predicted octanol–water partition coefficient (Wildman–Crippen LogP) is 2.37. The third-order valence-electron chi connectivity index (χ3n) is 2.74. The molecule has 1 aromatic carbocycles. The second kappa shape index (κ2) is 6.39. The van der Waals surface area contributed by atoms with Crippen molar-refractivity contribution in [2.75, 3.05) is 0 Å². The van der Waals surface area contributed by atoms with E-state index in [1.165, 1.54) is 0 Å². The maximum atomic E-state index is 9.31. The Bertz CT molecular complexity index is 395. The standard InChI is InChI=1S/C14H20N2O/c1-10(7-11(2)17)16-12(3)14-6-4-5-13(8-14)9-15/h4-6,8,10-12,16-17H,7H2,1-3H3. The van der Waals surface area contributed by atoms with Crippen molar-refractivity contribution < 1.29 is 5.11 Å². The first kappa shape index (κ1) is 13.7. The maximum Gasteiger partial charge on any atom is 0.0991 e. The average Bonchev–Trinajstić information content (AvgIpc) is 2.27. The molecule has 3 heteroatoms. The second-order valence-corrected chi connectivity index (χ2v) is 4.61. The molecule has 0 spiro atoms. The molecule has 3 nitrogen and oxygen atoms in total. The van der Waals surface area contributed by atoms with Gasteiger partial charge in [0.05, 0.1) is 17.7 Å². The molecule has 92 valence electrons. The number of hydrogen-bond donors (Lipinski definition) is 2. The molecule has 0 fully saturated rings. The fourth-order valence-electron chi connectivity index (χ4n) is 1.98. The minimum Gasteiger partial charge on any atom is -0.393 e. The number of benzene rings is 1. The van der Waals surface area contributed by atoms with Gasteiger partial charge < -0.3 is 10.4 Å². The third-order valence-corrected chi connectivity index (χ3v) is 2.74. The summed E-state index contributed by atoms with van der Waals surface area (Å²) in [5.74, 6) is 0. The van der Waals surface area contributed by atoms with Gasteiger partial charge in [-0.1, -0.05) is 12.1 Å². The highest BCUT2D eigenvalue weighted by atomic mass is 16.3. The van der Waals surface area contributed by atoms with E-state index in [0.29, 0.717) is 5.56 Å². The van der Waals surface area contributed by atoms with E-state index in [0.717, 1.165) is 12.0 Å². The van der Waals surface area contributed by atoms with Crippen LogP contribution in [0.1, 0.15) is 44.4 Å². The molecule has 0 aliphatic carbocycles. The first-order valence-electron chi connectivity index (χ1n) is 5.97. The Kier molecular flexibility index (Phi) is 5.14. The molecular weight excluding hydrogens is 212 g/mol. The van der Waals surface area contributed by atoms with Crippen molar-refractivity contribution in [3.8, 4) is 6.07 Å². The van der Waals surface area contributed by atoms with Crippen molar-refractivity contribution in [1.29, 1.82) is 5.26 Å². The fourth-order valence-corrected chi connectivity index (χ4v) is 1.98. The van der Waals surface area contributed by atoms with Gasteiger partial charge in [0.15, 0.2) is 0 Å². The van der Waals surface area contributed by atoms with Crippen LogP contribution in [0, 0.1) is 11.3 Å². The summed E-state index contributed by atoms with van der Waals surface area (Å²) in [7, 11) is 0. The molecule has 0 aliphatic rings. The number of nitrogens with one attached hydrogen (secondary N) is 1. The summed E-state index contributed by atoms with van der Waals surface area (Å²) < 4.78 is 0. The van der Waals surface area contributed by atoms with Gasteiger partial charge in [-0.2, -0.15) is 5.26 Å². The smallest absolute Gasteiger partial charge is 0.0991 e. The summed E-state index contributed by atoms with van der Waals surface area (Å²) in [6.45, 7) is 5.91. The lowest BCUT2D eigenvalue weighted by atomic mass is 10.0. The number of nitrogens with zero attached hydrogens (tertiary/aromatic N) is 1. The molecular formula is C14H20N2O. The minimum atomic E-state index is -0.296. The van der Waals surface area contributed by atoms with Gasteiger partial charge in [0.25, 0.3) is 0 Å². The Morgan fingerprint density at radius 1 is 1.35 bits per heavy atom. The Balaban J connectivity index is 2.63. The van der Waals surface area contributed by atoms with Crippen LogP contribution in [0.15, 0.2) is 24.3 Å². The SMILES string of the molecule is CC(O)CC(C)NC(C)c1cccc(C#N)c1. The van der Waals surface area contributed by atoms with Gasteiger partial charge in [-0.3, -0.25) is 0 Å². The highest BCUT2D eigenvalue weighted by molar-refractivity contribution is 5.34. The van der Waals surface area contributed by atoms with Gasteiger partial charge in [-0.15, -0.1) is 0 Å². The first-order valence-corrected chi connectivity index (χ1v) is 5.97. The Labute approximate surface area is 103 Å². The van der Waals surface area contributed by atoms with Crippen molar-refractivity contribution in [2.45, 2.75) is 45.4 Å². The van der Waals surface area contributed by atoms with Crippen LogP contribution < -0.4 is 5.32 Å². The summed E-state index contributed by atoms with van der Waals surface area (Å²) in [6, 6.07) is 10.2. The molecule has 0 saturated heterocycles. The second-order valence-electron chi connectivity index (χ2n) is 4.61. The van der Waals surface area contributed by atoms with Crippen LogP contribution in [-0.2, 0) is 0 Å². The molecule has 2 N–H and O–H groups in total. The molecule has 3 atom stereocenters. The van der Waals surface area contributed by atoms with Gasteiger partial charge >= 0.3 is 0 Å². The fraction of sp³-hybridized carbons (Fsp3) is 0.500. The summed E-state index contributed by atoms with van der Waals surface area (Å²) in [5, 5.41) is 21.6. The topological polar surface area (TPSA) is 56.0 Å². The number of hydrogen-bond acceptors (Lipinski definition) is 3. The van der Waals surface area contributed by atoms with Gasteiger partial charge in [-0.05, 0) is 44.9 Å². The van der Waals surface area contributed by atoms with E-state index < -0.39 is 0 Å². The molecule has 0 aromatic heterocycles. The van der Waals surface area contributed by atoms with Crippen molar-refractivity contribution in [2.24, 2.45) is 0 Å². The van der Waals surface area contributed by atoms with Crippen LogP contribution in [0.5, 0.6) is 0 Å². The van der Waals surface area contributed by atoms with E-state index in [1.807, 2.05) is 18.2 Å². The minimum absolute atomic E-state index is 0.178. The summed E-state index contributed by atoms with van der Waals surface area (Å²) >= 11 is 0. The zero-order valence-electron chi connectivity index (χ0n) is 10.6. The number of nitriles is 1. The molecule has 3 unspecified atom stereocenters. The van der Waals surface area contributed by atoms with E-state index in [4.69, 9.17) is 5.26 Å². The van der Waals surface area contributed by atoms with Crippen LogP contribution in [0.3, 0.4) is 0 Å². The van der Waals surface area contributed by atoms with Crippen molar-refractivity contribution in [3.63, 3.8) is 0 Å². The monoisotopic (exact) mass is 232 g/mol. The molecule has 0 aliphatic heterocycles. The Morgan fingerprint density at radius 3 is 2.65 bits per heavy atom. The first-order chi connectivity index (χ1) is 8.02. The maximum absolute atomic E-state index is 9.31. The van der Waals surface area contributed by atoms with Gasteiger partial charge in [-0.25, -0.2) is 0 Å². The van der Waals surface area contributed by atoms with Gasteiger partial charge in [0.2, 0.25) is 0 Å². The molecule has 0 radical (unpaired) electrons. The van der Waals surface area contributed by atoms with Crippen LogP contribution >= 0.6 is 0 Å². The zero-order chi connectivity index (χ0) is 12.8. The quantitative estimate of drug-likeness (QED) is 0.819. The normalized spacial score (nSPS) is 15.9. The summed E-state index contributed by atoms with van der Waals surface area (Å²) in [6.07, 6.45) is 0.428. The molecule has 17 heavy (non-hydrogen) atoms. The number of aliphatic hydroxyl groups is 1. The lowest BCUT2D eigenvalue weighted by Crippen LogP contribution is -2.31. The Morgan fingerprint density at radius 2 is 2.06 bits per heavy atom. The van der Waals surface area contributed by atoms with Crippen LogP contribution in [0.4, 0.5) is 0 Å². The molecule has 0 heterocycles. The van der Waals surface area contributed by atoms with Crippen molar-refractivity contribution >= 4 is 0 Å². The van der Waals surface area contributed by atoms with E-state index in [1.54, 1.807) is 13.0 Å². The summed E-state index contributed by atoms with van der Waals surface area (Å²) in [4.78, 5) is 0. The van der Waals surface area contributed by atoms with E-state index in [2.05, 4.69) is 25.2 Å². The highest BCUT2D eigenvalue weighted by Crippen LogP contribution is 2.15. The van der Waals surface area contributed by atoms with Crippen LogP contribution in [0.25, 0.3) is 0 Å². The number of rotatable bonds is 5.